The standard InChI is InChI=1S/C14H14N4OS/c1-9(16)12(7-15)13-8-20-14(18-13)17-10-4-3-5-11(6-10)19-2/h3-6,8H,16H2,1-2H3,(H,17,18)/b12-9+. The van der Waals surface area contributed by atoms with Gasteiger partial charge in [0.25, 0.3) is 0 Å². The fourth-order valence-electron chi connectivity index (χ4n) is 1.62. The summed E-state index contributed by atoms with van der Waals surface area (Å²) in [5.74, 6) is 0.766. The lowest BCUT2D eigenvalue weighted by Crippen LogP contribution is -1.97. The van der Waals surface area contributed by atoms with E-state index in [0.29, 0.717) is 22.1 Å². The average molecular weight is 286 g/mol. The van der Waals surface area contributed by atoms with Crippen molar-refractivity contribution in [3.05, 3.63) is 41.0 Å². The van der Waals surface area contributed by atoms with E-state index in [4.69, 9.17) is 15.7 Å². The lowest BCUT2D eigenvalue weighted by Gasteiger charge is -2.04. The highest BCUT2D eigenvalue weighted by atomic mass is 32.1. The fourth-order valence-corrected chi connectivity index (χ4v) is 2.34. The van der Waals surface area contributed by atoms with Crippen molar-refractivity contribution in [1.29, 1.82) is 5.26 Å². The summed E-state index contributed by atoms with van der Waals surface area (Å²) in [6, 6.07) is 9.61. The van der Waals surface area contributed by atoms with Gasteiger partial charge in [0.15, 0.2) is 5.13 Å². The van der Waals surface area contributed by atoms with Crippen LogP contribution in [0.25, 0.3) is 5.57 Å². The third-order valence-corrected chi connectivity index (χ3v) is 3.35. The summed E-state index contributed by atoms with van der Waals surface area (Å²) in [7, 11) is 1.62. The van der Waals surface area contributed by atoms with Crippen molar-refractivity contribution in [3.8, 4) is 11.8 Å². The van der Waals surface area contributed by atoms with E-state index in [9.17, 15) is 0 Å². The molecule has 0 fully saturated rings. The maximum atomic E-state index is 9.06. The van der Waals surface area contributed by atoms with Crippen molar-refractivity contribution in [2.24, 2.45) is 5.73 Å². The smallest absolute Gasteiger partial charge is 0.187 e. The number of nitrogens with zero attached hydrogens (tertiary/aromatic N) is 2. The zero-order valence-electron chi connectivity index (χ0n) is 11.2. The molecule has 1 aromatic heterocycles. The van der Waals surface area contributed by atoms with Gasteiger partial charge < -0.3 is 15.8 Å². The second kappa shape index (κ2) is 6.08. The summed E-state index contributed by atoms with van der Waals surface area (Å²) < 4.78 is 5.16. The van der Waals surface area contributed by atoms with Crippen molar-refractivity contribution >= 4 is 27.7 Å². The third kappa shape index (κ3) is 3.08. The predicted octanol–water partition coefficient (Wildman–Crippen LogP) is 3.11. The SMILES string of the molecule is COc1cccc(Nc2nc(/C(C#N)=C(\C)N)cs2)c1. The second-order valence-corrected chi connectivity index (χ2v) is 4.92. The van der Waals surface area contributed by atoms with E-state index in [0.717, 1.165) is 11.4 Å². The fraction of sp³-hybridized carbons (Fsp3) is 0.143. The van der Waals surface area contributed by atoms with Gasteiger partial charge in [-0.05, 0) is 19.1 Å². The van der Waals surface area contributed by atoms with Gasteiger partial charge in [-0.25, -0.2) is 4.98 Å². The zero-order valence-corrected chi connectivity index (χ0v) is 12.0. The molecule has 0 atom stereocenters. The summed E-state index contributed by atoms with van der Waals surface area (Å²) in [5.41, 5.74) is 7.99. The Morgan fingerprint density at radius 2 is 2.30 bits per heavy atom. The molecule has 2 rings (SSSR count). The van der Waals surface area contributed by atoms with Crippen molar-refractivity contribution in [2.45, 2.75) is 6.92 Å². The Morgan fingerprint density at radius 1 is 1.50 bits per heavy atom. The van der Waals surface area contributed by atoms with Crippen LogP contribution in [0.4, 0.5) is 10.8 Å². The Bertz CT molecular complexity index is 680. The van der Waals surface area contributed by atoms with Crippen molar-refractivity contribution < 1.29 is 4.74 Å². The molecule has 2 aromatic rings. The first-order valence-corrected chi connectivity index (χ1v) is 6.75. The first-order valence-electron chi connectivity index (χ1n) is 5.87. The van der Waals surface area contributed by atoms with Crippen LogP contribution in [0.1, 0.15) is 12.6 Å². The lowest BCUT2D eigenvalue weighted by molar-refractivity contribution is 0.415. The predicted molar refractivity (Wildman–Crippen MR) is 80.8 cm³/mol. The molecule has 0 aliphatic heterocycles. The van der Waals surface area contributed by atoms with E-state index < -0.39 is 0 Å². The van der Waals surface area contributed by atoms with E-state index in [1.54, 1.807) is 19.4 Å². The first-order chi connectivity index (χ1) is 9.63. The normalized spacial score (nSPS) is 11.4. The Labute approximate surface area is 121 Å². The number of benzene rings is 1. The summed E-state index contributed by atoms with van der Waals surface area (Å²) in [6.07, 6.45) is 0. The molecule has 0 saturated heterocycles. The van der Waals surface area contributed by atoms with Crippen LogP contribution >= 0.6 is 11.3 Å². The van der Waals surface area contributed by atoms with Gasteiger partial charge in [0.05, 0.1) is 18.4 Å². The van der Waals surface area contributed by atoms with Crippen LogP contribution < -0.4 is 15.8 Å². The molecule has 0 unspecified atom stereocenters. The van der Waals surface area contributed by atoms with Crippen molar-refractivity contribution in [1.82, 2.24) is 4.98 Å². The van der Waals surface area contributed by atoms with Gasteiger partial charge in [0, 0.05) is 22.8 Å². The van der Waals surface area contributed by atoms with Crippen LogP contribution in [-0.4, -0.2) is 12.1 Å². The molecule has 0 saturated carbocycles. The van der Waals surface area contributed by atoms with Crippen molar-refractivity contribution in [2.75, 3.05) is 12.4 Å². The highest BCUT2D eigenvalue weighted by Gasteiger charge is 2.09. The first kappa shape index (κ1) is 13.9. The Balaban J connectivity index is 2.22. The van der Waals surface area contributed by atoms with E-state index >= 15 is 0 Å². The van der Waals surface area contributed by atoms with Crippen LogP contribution in [-0.2, 0) is 0 Å². The largest absolute Gasteiger partial charge is 0.497 e. The molecule has 0 aliphatic carbocycles. The van der Waals surface area contributed by atoms with Gasteiger partial charge in [-0.3, -0.25) is 0 Å². The topological polar surface area (TPSA) is 84.0 Å². The van der Waals surface area contributed by atoms with E-state index in [2.05, 4.69) is 16.4 Å². The van der Waals surface area contributed by atoms with Crippen molar-refractivity contribution in [3.63, 3.8) is 0 Å². The molecule has 5 nitrogen and oxygen atoms in total. The number of nitrogens with two attached hydrogens (primary N) is 1. The number of anilines is 2. The minimum absolute atomic E-state index is 0.403. The maximum Gasteiger partial charge on any atom is 0.187 e. The number of hydrogen-bond acceptors (Lipinski definition) is 6. The Kier molecular flexibility index (Phi) is 4.23. The molecule has 1 heterocycles. The second-order valence-electron chi connectivity index (χ2n) is 4.06. The zero-order chi connectivity index (χ0) is 14.5. The third-order valence-electron chi connectivity index (χ3n) is 2.59. The highest BCUT2D eigenvalue weighted by molar-refractivity contribution is 7.13. The number of nitrogens with one attached hydrogen (secondary N) is 1. The molecule has 0 radical (unpaired) electrons. The molecule has 3 N–H and O–H groups in total. The number of methoxy groups -OCH3 is 1. The van der Waals surface area contributed by atoms with Gasteiger partial charge >= 0.3 is 0 Å². The molecular formula is C14H14N4OS. The van der Waals surface area contributed by atoms with Gasteiger partial charge in [-0.1, -0.05) is 6.07 Å². The number of ether oxygens (including phenoxy) is 1. The van der Waals surface area contributed by atoms with E-state index in [1.165, 1.54) is 11.3 Å². The Hall–Kier alpha value is -2.52. The van der Waals surface area contributed by atoms with Crippen LogP contribution in [0.3, 0.4) is 0 Å². The lowest BCUT2D eigenvalue weighted by atomic mass is 10.2. The number of rotatable bonds is 4. The number of allylic oxidation sites excluding steroid dienone is 2. The minimum Gasteiger partial charge on any atom is -0.497 e. The summed E-state index contributed by atoms with van der Waals surface area (Å²) in [4.78, 5) is 4.36. The summed E-state index contributed by atoms with van der Waals surface area (Å²) in [5, 5.41) is 14.7. The molecule has 0 aliphatic rings. The van der Waals surface area contributed by atoms with Crippen LogP contribution in [0.5, 0.6) is 5.75 Å². The highest BCUT2D eigenvalue weighted by Crippen LogP contribution is 2.26. The maximum absolute atomic E-state index is 9.06. The number of aromatic nitrogens is 1. The van der Waals surface area contributed by atoms with Gasteiger partial charge in [0.1, 0.15) is 11.8 Å². The van der Waals surface area contributed by atoms with E-state index in [-0.39, 0.29) is 0 Å². The summed E-state index contributed by atoms with van der Waals surface area (Å²) >= 11 is 1.42. The van der Waals surface area contributed by atoms with Gasteiger partial charge in [-0.15, -0.1) is 11.3 Å². The monoisotopic (exact) mass is 286 g/mol. The number of hydrogen-bond donors (Lipinski definition) is 2. The summed E-state index contributed by atoms with van der Waals surface area (Å²) in [6.45, 7) is 1.69. The molecule has 0 spiro atoms. The molecule has 1 aromatic carbocycles. The van der Waals surface area contributed by atoms with Crippen LogP contribution in [0.15, 0.2) is 35.3 Å². The van der Waals surface area contributed by atoms with Gasteiger partial charge in [-0.2, -0.15) is 5.26 Å². The molecule has 20 heavy (non-hydrogen) atoms. The molecule has 6 heteroatoms. The van der Waals surface area contributed by atoms with E-state index in [1.807, 2.05) is 24.3 Å². The van der Waals surface area contributed by atoms with Crippen LogP contribution in [0, 0.1) is 11.3 Å². The average Bonchev–Trinajstić information content (AvgIpc) is 2.87. The molecular weight excluding hydrogens is 272 g/mol. The number of nitriles is 1. The number of thiazole rings is 1. The Morgan fingerprint density at radius 3 is 2.95 bits per heavy atom. The molecule has 0 amide bonds. The minimum atomic E-state index is 0.403. The van der Waals surface area contributed by atoms with Gasteiger partial charge in [0.2, 0.25) is 0 Å². The van der Waals surface area contributed by atoms with Crippen LogP contribution in [0.2, 0.25) is 0 Å². The molecule has 102 valence electrons. The molecule has 0 bridgehead atoms. The quantitative estimate of drug-likeness (QED) is 0.844.